The number of amides is 1. The normalized spacial score (nSPS) is 21.3. The average Bonchev–Trinajstić information content (AvgIpc) is 2.46. The lowest BCUT2D eigenvalue weighted by molar-refractivity contribution is 0.0997. The lowest BCUT2D eigenvalue weighted by atomic mass is 10.0. The van der Waals surface area contributed by atoms with Crippen molar-refractivity contribution in [2.24, 2.45) is 5.73 Å². The van der Waals surface area contributed by atoms with Crippen LogP contribution in [0.1, 0.15) is 30.1 Å². The molecule has 0 radical (unpaired) electrons. The second-order valence-electron chi connectivity index (χ2n) is 5.42. The van der Waals surface area contributed by atoms with Crippen molar-refractivity contribution >= 4 is 28.3 Å². The number of carbonyl (C=O) groups is 1. The SMILES string of the molecule is COc1ccc(S(=O)(=O)NC2CCNC(C)C2)cc1C(N)=O.Cl. The van der Waals surface area contributed by atoms with Gasteiger partial charge < -0.3 is 15.8 Å². The summed E-state index contributed by atoms with van der Waals surface area (Å²) in [7, 11) is -2.31. The Morgan fingerprint density at radius 3 is 2.70 bits per heavy atom. The minimum absolute atomic E-state index is 0. The molecule has 1 saturated heterocycles. The fourth-order valence-corrected chi connectivity index (χ4v) is 3.88. The molecule has 0 saturated carbocycles. The number of ether oxygens (including phenoxy) is 1. The number of carbonyl (C=O) groups excluding carboxylic acids is 1. The number of hydrogen-bond acceptors (Lipinski definition) is 5. The van der Waals surface area contributed by atoms with Gasteiger partial charge in [-0.1, -0.05) is 0 Å². The highest BCUT2D eigenvalue weighted by atomic mass is 35.5. The van der Waals surface area contributed by atoms with Crippen molar-refractivity contribution in [2.75, 3.05) is 13.7 Å². The molecule has 1 heterocycles. The minimum atomic E-state index is -3.71. The van der Waals surface area contributed by atoms with Crippen molar-refractivity contribution in [2.45, 2.75) is 36.7 Å². The number of hydrogen-bond donors (Lipinski definition) is 3. The van der Waals surface area contributed by atoms with Gasteiger partial charge in [0.25, 0.3) is 5.91 Å². The summed E-state index contributed by atoms with van der Waals surface area (Å²) in [6, 6.07) is 4.21. The molecule has 1 aliphatic rings. The van der Waals surface area contributed by atoms with Crippen LogP contribution >= 0.6 is 12.4 Å². The van der Waals surface area contributed by atoms with Crippen LogP contribution in [-0.4, -0.2) is 40.1 Å². The fourth-order valence-electron chi connectivity index (χ4n) is 2.57. The van der Waals surface area contributed by atoms with Gasteiger partial charge in [0.1, 0.15) is 5.75 Å². The lowest BCUT2D eigenvalue weighted by Gasteiger charge is -2.28. The summed E-state index contributed by atoms with van der Waals surface area (Å²) < 4.78 is 32.6. The van der Waals surface area contributed by atoms with Gasteiger partial charge in [0.2, 0.25) is 10.0 Å². The van der Waals surface area contributed by atoms with E-state index in [0.717, 1.165) is 19.4 Å². The van der Waals surface area contributed by atoms with Crippen molar-refractivity contribution < 1.29 is 17.9 Å². The van der Waals surface area contributed by atoms with Crippen molar-refractivity contribution in [3.8, 4) is 5.75 Å². The molecule has 9 heteroatoms. The Morgan fingerprint density at radius 1 is 1.43 bits per heavy atom. The maximum Gasteiger partial charge on any atom is 0.252 e. The molecule has 7 nitrogen and oxygen atoms in total. The van der Waals surface area contributed by atoms with Crippen LogP contribution in [0, 0.1) is 0 Å². The summed E-state index contributed by atoms with van der Waals surface area (Å²) in [6.45, 7) is 2.78. The molecule has 1 amide bonds. The molecule has 1 aromatic carbocycles. The monoisotopic (exact) mass is 363 g/mol. The highest BCUT2D eigenvalue weighted by Crippen LogP contribution is 2.22. The minimum Gasteiger partial charge on any atom is -0.496 e. The Hall–Kier alpha value is -1.35. The van der Waals surface area contributed by atoms with Crippen LogP contribution in [0.15, 0.2) is 23.1 Å². The van der Waals surface area contributed by atoms with Crippen LogP contribution in [0.5, 0.6) is 5.75 Å². The van der Waals surface area contributed by atoms with Gasteiger partial charge in [-0.15, -0.1) is 12.4 Å². The summed E-state index contributed by atoms with van der Waals surface area (Å²) >= 11 is 0. The predicted molar refractivity (Wildman–Crippen MR) is 89.6 cm³/mol. The first-order valence-corrected chi connectivity index (χ1v) is 8.55. The second kappa shape index (κ2) is 7.96. The molecule has 0 bridgehead atoms. The molecule has 23 heavy (non-hydrogen) atoms. The van der Waals surface area contributed by atoms with Crippen LogP contribution in [0.3, 0.4) is 0 Å². The van der Waals surface area contributed by atoms with Gasteiger partial charge in [-0.3, -0.25) is 4.79 Å². The smallest absolute Gasteiger partial charge is 0.252 e. The van der Waals surface area contributed by atoms with E-state index < -0.39 is 15.9 Å². The van der Waals surface area contributed by atoms with Gasteiger partial charge in [-0.05, 0) is 44.5 Å². The van der Waals surface area contributed by atoms with E-state index in [2.05, 4.69) is 10.0 Å². The molecule has 0 aromatic heterocycles. The van der Waals surface area contributed by atoms with E-state index in [9.17, 15) is 13.2 Å². The van der Waals surface area contributed by atoms with Gasteiger partial charge >= 0.3 is 0 Å². The largest absolute Gasteiger partial charge is 0.496 e. The number of piperidine rings is 1. The Labute approximate surface area is 142 Å². The quantitative estimate of drug-likeness (QED) is 0.710. The van der Waals surface area contributed by atoms with E-state index in [0.29, 0.717) is 0 Å². The van der Waals surface area contributed by atoms with Crippen molar-refractivity contribution in [1.82, 2.24) is 10.0 Å². The molecule has 0 aliphatic carbocycles. The zero-order valence-corrected chi connectivity index (χ0v) is 14.7. The molecule has 1 aromatic rings. The zero-order valence-electron chi connectivity index (χ0n) is 13.0. The highest BCUT2D eigenvalue weighted by Gasteiger charge is 2.25. The van der Waals surface area contributed by atoms with Crippen molar-refractivity contribution in [3.63, 3.8) is 0 Å². The standard InChI is InChI=1S/C14H21N3O4S.ClH/c1-9-7-10(5-6-16-9)17-22(19,20)11-3-4-13(21-2)12(8-11)14(15)18;/h3-4,8-10,16-17H,5-7H2,1-2H3,(H2,15,18);1H. The third-order valence-corrected chi connectivity index (χ3v) is 5.21. The number of rotatable bonds is 5. The molecule has 0 spiro atoms. The third-order valence-electron chi connectivity index (χ3n) is 3.69. The Balaban J connectivity index is 0.00000264. The predicted octanol–water partition coefficient (Wildman–Crippen LogP) is 0.635. The summed E-state index contributed by atoms with van der Waals surface area (Å²) in [5.74, 6) is -0.480. The molecule has 2 unspecified atom stereocenters. The molecule has 2 atom stereocenters. The number of sulfonamides is 1. The third kappa shape index (κ3) is 4.81. The first kappa shape index (κ1) is 19.7. The molecule has 4 N–H and O–H groups in total. The summed E-state index contributed by atoms with van der Waals surface area (Å²) in [5, 5.41) is 3.26. The van der Waals surface area contributed by atoms with Crippen molar-refractivity contribution in [3.05, 3.63) is 23.8 Å². The topological polar surface area (TPSA) is 111 Å². The number of benzene rings is 1. The number of nitrogens with one attached hydrogen (secondary N) is 2. The molecular formula is C14H22ClN3O4S. The van der Waals surface area contributed by atoms with Crippen LogP contribution in [0.25, 0.3) is 0 Å². The van der Waals surface area contributed by atoms with Crippen LogP contribution in [-0.2, 0) is 10.0 Å². The van der Waals surface area contributed by atoms with E-state index >= 15 is 0 Å². The maximum absolute atomic E-state index is 12.5. The van der Waals surface area contributed by atoms with Crippen LogP contribution in [0.4, 0.5) is 0 Å². The van der Waals surface area contributed by atoms with Gasteiger partial charge in [0.15, 0.2) is 0 Å². The summed E-state index contributed by atoms with van der Waals surface area (Å²) in [6.07, 6.45) is 1.44. The maximum atomic E-state index is 12.5. The second-order valence-corrected chi connectivity index (χ2v) is 7.14. The van der Waals surface area contributed by atoms with Crippen molar-refractivity contribution in [1.29, 1.82) is 0 Å². The zero-order chi connectivity index (χ0) is 16.3. The Kier molecular flexibility index (Phi) is 6.82. The Bertz CT molecular complexity index is 666. The summed E-state index contributed by atoms with van der Waals surface area (Å²) in [4.78, 5) is 11.4. The molecular weight excluding hydrogens is 342 g/mol. The number of halogens is 1. The van der Waals surface area contributed by atoms with Crippen LogP contribution in [0.2, 0.25) is 0 Å². The van der Waals surface area contributed by atoms with Gasteiger partial charge in [-0.25, -0.2) is 13.1 Å². The lowest BCUT2D eigenvalue weighted by Crippen LogP contribution is -2.46. The first-order valence-electron chi connectivity index (χ1n) is 7.07. The number of nitrogens with two attached hydrogens (primary N) is 1. The highest BCUT2D eigenvalue weighted by molar-refractivity contribution is 7.89. The molecule has 130 valence electrons. The van der Waals surface area contributed by atoms with E-state index in [-0.39, 0.29) is 40.7 Å². The number of primary amides is 1. The van der Waals surface area contributed by atoms with E-state index in [4.69, 9.17) is 10.5 Å². The first-order chi connectivity index (χ1) is 10.3. The molecule has 1 fully saturated rings. The molecule has 2 rings (SSSR count). The molecule has 1 aliphatic heterocycles. The number of methoxy groups -OCH3 is 1. The Morgan fingerprint density at radius 2 is 2.13 bits per heavy atom. The van der Waals surface area contributed by atoms with E-state index in [1.807, 2.05) is 6.92 Å². The van der Waals surface area contributed by atoms with Gasteiger partial charge in [-0.2, -0.15) is 0 Å². The van der Waals surface area contributed by atoms with E-state index in [1.165, 1.54) is 25.3 Å². The summed E-state index contributed by atoms with van der Waals surface area (Å²) in [5.41, 5.74) is 5.31. The average molecular weight is 364 g/mol. The van der Waals surface area contributed by atoms with E-state index in [1.54, 1.807) is 0 Å². The van der Waals surface area contributed by atoms with Crippen LogP contribution < -0.4 is 20.5 Å². The fraction of sp³-hybridized carbons (Fsp3) is 0.500. The van der Waals surface area contributed by atoms with Gasteiger partial charge in [0.05, 0.1) is 17.6 Å². The van der Waals surface area contributed by atoms with Gasteiger partial charge in [0, 0.05) is 12.1 Å².